The normalized spacial score (nSPS) is 17.1. The average molecular weight is 619 g/mol. The van der Waals surface area contributed by atoms with Crippen molar-refractivity contribution in [2.75, 3.05) is 18.4 Å². The number of benzene rings is 2. The Morgan fingerprint density at radius 1 is 1.12 bits per heavy atom. The summed E-state index contributed by atoms with van der Waals surface area (Å²) in [5.41, 5.74) is -2.91. The molecule has 10 nitrogen and oxygen atoms in total. The van der Waals surface area contributed by atoms with Crippen LogP contribution in [0, 0.1) is 11.6 Å². The molecule has 1 N–H and O–H groups in total. The van der Waals surface area contributed by atoms with Gasteiger partial charge in [-0.1, -0.05) is 23.2 Å². The van der Waals surface area contributed by atoms with Crippen LogP contribution in [-0.4, -0.2) is 54.9 Å². The molecular formula is C28H26Cl2F2N6O4. The van der Waals surface area contributed by atoms with Gasteiger partial charge in [-0.05, 0) is 51.5 Å². The van der Waals surface area contributed by atoms with Crippen molar-refractivity contribution in [3.63, 3.8) is 0 Å². The van der Waals surface area contributed by atoms with E-state index in [2.05, 4.69) is 15.4 Å². The number of ether oxygens (including phenoxy) is 1. The Kier molecular flexibility index (Phi) is 7.48. The molecule has 220 valence electrons. The van der Waals surface area contributed by atoms with Crippen molar-refractivity contribution >= 4 is 51.8 Å². The monoisotopic (exact) mass is 618 g/mol. The first-order chi connectivity index (χ1) is 19.7. The lowest BCUT2D eigenvalue weighted by Crippen LogP contribution is -2.41. The standard InChI is InChI=1S/C28H26Cl2F2N6O4/c1-15(39)36-10-8-28(13-36,22-19(31)6-5-18(29)23(22)30)35-16-11-17-24(20(32)12-16)33-14-37(25(17)40)21-7-9-34-38(21)26(41)42-27(2,3)4/h5-7,9,11-12,14,35H,8,10,13H2,1-4H3/t28-/m1/s1. The van der Waals surface area contributed by atoms with Crippen LogP contribution < -0.4 is 10.9 Å². The van der Waals surface area contributed by atoms with Gasteiger partial charge in [-0.15, -0.1) is 4.68 Å². The maximum atomic E-state index is 15.4. The van der Waals surface area contributed by atoms with E-state index in [0.717, 1.165) is 21.6 Å². The molecule has 1 aliphatic rings. The molecule has 42 heavy (non-hydrogen) atoms. The number of carbonyl (C=O) groups excluding carboxylic acids is 2. The maximum Gasteiger partial charge on any atom is 0.437 e. The molecule has 5 rings (SSSR count). The highest BCUT2D eigenvalue weighted by molar-refractivity contribution is 6.42. The number of rotatable bonds is 4. The largest absolute Gasteiger partial charge is 0.442 e. The van der Waals surface area contributed by atoms with Gasteiger partial charge in [0.2, 0.25) is 5.91 Å². The Hall–Kier alpha value is -4.03. The summed E-state index contributed by atoms with van der Waals surface area (Å²) in [4.78, 5) is 44.2. The Morgan fingerprint density at radius 3 is 2.52 bits per heavy atom. The number of nitrogens with one attached hydrogen (secondary N) is 1. The molecule has 1 fully saturated rings. The summed E-state index contributed by atoms with van der Waals surface area (Å²) in [6, 6.07) is 6.39. The third-order valence-electron chi connectivity index (χ3n) is 6.87. The van der Waals surface area contributed by atoms with E-state index in [4.69, 9.17) is 27.9 Å². The molecule has 0 spiro atoms. The summed E-state index contributed by atoms with van der Waals surface area (Å²) >= 11 is 12.7. The molecule has 1 saturated heterocycles. The van der Waals surface area contributed by atoms with Gasteiger partial charge in [0, 0.05) is 37.3 Å². The summed E-state index contributed by atoms with van der Waals surface area (Å²) in [5, 5.41) is 7.04. The maximum absolute atomic E-state index is 15.4. The van der Waals surface area contributed by atoms with Crippen LogP contribution in [-0.2, 0) is 15.1 Å². The van der Waals surface area contributed by atoms with Crippen molar-refractivity contribution in [3.8, 4) is 5.82 Å². The summed E-state index contributed by atoms with van der Waals surface area (Å²) < 4.78 is 38.0. The van der Waals surface area contributed by atoms with Crippen LogP contribution in [0.15, 0.2) is 47.7 Å². The topological polar surface area (TPSA) is 111 Å². The van der Waals surface area contributed by atoms with E-state index in [0.29, 0.717) is 0 Å². The number of hydrogen-bond donors (Lipinski definition) is 1. The van der Waals surface area contributed by atoms with Gasteiger partial charge in [-0.3, -0.25) is 9.59 Å². The molecule has 1 aliphatic heterocycles. The van der Waals surface area contributed by atoms with E-state index >= 15 is 8.78 Å². The fourth-order valence-corrected chi connectivity index (χ4v) is 5.53. The highest BCUT2D eigenvalue weighted by Crippen LogP contribution is 2.43. The molecular weight excluding hydrogens is 593 g/mol. The highest BCUT2D eigenvalue weighted by atomic mass is 35.5. The third kappa shape index (κ3) is 5.32. The predicted octanol–water partition coefficient (Wildman–Crippen LogP) is 5.51. The molecule has 0 saturated carbocycles. The molecule has 2 aromatic carbocycles. The molecule has 14 heteroatoms. The Morgan fingerprint density at radius 2 is 1.86 bits per heavy atom. The molecule has 2 aromatic heterocycles. The lowest BCUT2D eigenvalue weighted by molar-refractivity contribution is -0.127. The third-order valence-corrected chi connectivity index (χ3v) is 7.68. The van der Waals surface area contributed by atoms with E-state index in [1.807, 2.05) is 0 Å². The van der Waals surface area contributed by atoms with E-state index in [9.17, 15) is 14.4 Å². The van der Waals surface area contributed by atoms with Crippen LogP contribution in [0.3, 0.4) is 0 Å². The Bertz CT molecular complexity index is 1800. The summed E-state index contributed by atoms with van der Waals surface area (Å²) in [7, 11) is 0. The minimum atomic E-state index is -1.30. The summed E-state index contributed by atoms with van der Waals surface area (Å²) in [6.07, 6.45) is 1.79. The van der Waals surface area contributed by atoms with Crippen molar-refractivity contribution in [3.05, 3.63) is 80.5 Å². The quantitative estimate of drug-likeness (QED) is 0.300. The first kappa shape index (κ1) is 29.5. The Balaban J connectivity index is 1.62. The summed E-state index contributed by atoms with van der Waals surface area (Å²) in [5.74, 6) is -1.70. The minimum absolute atomic E-state index is 0.00527. The second kappa shape index (κ2) is 10.7. The van der Waals surface area contributed by atoms with E-state index in [-0.39, 0.29) is 63.4 Å². The van der Waals surface area contributed by atoms with Crippen molar-refractivity contribution in [1.29, 1.82) is 0 Å². The molecule has 1 amide bonds. The molecule has 3 heterocycles. The van der Waals surface area contributed by atoms with Crippen molar-refractivity contribution in [1.82, 2.24) is 24.2 Å². The van der Waals surface area contributed by atoms with E-state index in [1.54, 1.807) is 20.8 Å². The first-order valence-corrected chi connectivity index (χ1v) is 13.6. The van der Waals surface area contributed by atoms with Gasteiger partial charge in [0.15, 0.2) is 11.6 Å². The zero-order valence-corrected chi connectivity index (χ0v) is 24.6. The van der Waals surface area contributed by atoms with Gasteiger partial charge in [0.05, 0.1) is 27.2 Å². The molecule has 0 aliphatic carbocycles. The minimum Gasteiger partial charge on any atom is -0.442 e. The summed E-state index contributed by atoms with van der Waals surface area (Å²) in [6.45, 7) is 6.71. The molecule has 0 unspecified atom stereocenters. The van der Waals surface area contributed by atoms with Crippen molar-refractivity contribution in [2.24, 2.45) is 0 Å². The number of fused-ring (bicyclic) bond motifs is 1. The number of aromatic nitrogens is 4. The van der Waals surface area contributed by atoms with E-state index < -0.39 is 34.4 Å². The number of nitrogens with zero attached hydrogens (tertiary/aromatic N) is 5. The van der Waals surface area contributed by atoms with Gasteiger partial charge in [-0.2, -0.15) is 5.10 Å². The van der Waals surface area contributed by atoms with Crippen LogP contribution >= 0.6 is 23.2 Å². The van der Waals surface area contributed by atoms with Gasteiger partial charge < -0.3 is 15.0 Å². The van der Waals surface area contributed by atoms with Gasteiger partial charge in [0.1, 0.15) is 23.3 Å². The van der Waals surface area contributed by atoms with Crippen molar-refractivity contribution < 1.29 is 23.1 Å². The van der Waals surface area contributed by atoms with Crippen LogP contribution in [0.4, 0.5) is 19.3 Å². The number of hydrogen-bond acceptors (Lipinski definition) is 7. The molecule has 0 radical (unpaired) electrons. The fourth-order valence-electron chi connectivity index (χ4n) is 5.04. The zero-order chi connectivity index (χ0) is 30.6. The van der Waals surface area contributed by atoms with Crippen molar-refractivity contribution in [2.45, 2.75) is 45.3 Å². The number of likely N-dealkylation sites (tertiary alicyclic amines) is 1. The first-order valence-electron chi connectivity index (χ1n) is 12.9. The predicted molar refractivity (Wildman–Crippen MR) is 153 cm³/mol. The van der Waals surface area contributed by atoms with Gasteiger partial charge in [-0.25, -0.2) is 23.1 Å². The number of carbonyl (C=O) groups is 2. The smallest absolute Gasteiger partial charge is 0.437 e. The zero-order valence-electron chi connectivity index (χ0n) is 23.0. The second-order valence-electron chi connectivity index (χ2n) is 11.0. The number of halogens is 4. The molecule has 0 bridgehead atoms. The lowest BCUT2D eigenvalue weighted by Gasteiger charge is -2.33. The number of amides is 1. The Labute approximate surface area is 248 Å². The van der Waals surface area contributed by atoms with Gasteiger partial charge in [0.25, 0.3) is 5.56 Å². The molecule has 1 atom stereocenters. The van der Waals surface area contributed by atoms with E-state index in [1.165, 1.54) is 42.3 Å². The lowest BCUT2D eigenvalue weighted by atomic mass is 9.87. The fraction of sp³-hybridized carbons (Fsp3) is 0.321. The van der Waals surface area contributed by atoms with Gasteiger partial charge >= 0.3 is 6.09 Å². The SMILES string of the molecule is CC(=O)N1CC[C@](Nc2cc(F)c3ncn(-c4ccnn4C(=O)OC(C)(C)C)c(=O)c3c2)(c2c(F)ccc(Cl)c2Cl)C1. The van der Waals surface area contributed by atoms with Crippen LogP contribution in [0.1, 0.15) is 39.7 Å². The molecule has 4 aromatic rings. The average Bonchev–Trinajstić information content (AvgIpc) is 3.55. The second-order valence-corrected chi connectivity index (χ2v) is 11.8. The number of anilines is 1. The van der Waals surface area contributed by atoms with Crippen LogP contribution in [0.5, 0.6) is 0 Å². The highest BCUT2D eigenvalue weighted by Gasteiger charge is 2.44. The van der Waals surface area contributed by atoms with Crippen LogP contribution in [0.25, 0.3) is 16.7 Å². The van der Waals surface area contributed by atoms with Crippen LogP contribution in [0.2, 0.25) is 10.0 Å².